The van der Waals surface area contributed by atoms with E-state index in [-0.39, 0.29) is 11.5 Å². The molecule has 0 saturated carbocycles. The van der Waals surface area contributed by atoms with Crippen molar-refractivity contribution in [2.45, 2.75) is 20.3 Å². The zero-order valence-corrected chi connectivity index (χ0v) is 16.8. The number of nitrogens with zero attached hydrogens (tertiary/aromatic N) is 4. The number of rotatable bonds is 8. The highest BCUT2D eigenvalue weighted by molar-refractivity contribution is 6.02. The maximum atomic E-state index is 9.59. The average Bonchev–Trinajstić information content (AvgIpc) is 2.70. The molecule has 0 saturated heterocycles. The molecule has 0 aromatic heterocycles. The lowest BCUT2D eigenvalue weighted by Gasteiger charge is -2.03. The Labute approximate surface area is 169 Å². The Hall–Kier alpha value is -3.68. The Morgan fingerprint density at radius 1 is 0.793 bits per heavy atom. The number of benzene rings is 2. The third-order valence-corrected chi connectivity index (χ3v) is 3.79. The first-order chi connectivity index (χ1) is 13.9. The van der Waals surface area contributed by atoms with E-state index in [1.165, 1.54) is 26.4 Å². The van der Waals surface area contributed by atoms with Crippen molar-refractivity contribution in [2.75, 3.05) is 14.2 Å². The summed E-state index contributed by atoms with van der Waals surface area (Å²) in [5.41, 5.74) is 3.07. The molecule has 2 aromatic carbocycles. The second kappa shape index (κ2) is 10.6. The minimum Gasteiger partial charge on any atom is -0.504 e. The molecule has 0 radical (unpaired) electrons. The summed E-state index contributed by atoms with van der Waals surface area (Å²) in [5, 5.41) is 35.6. The summed E-state index contributed by atoms with van der Waals surface area (Å²) >= 11 is 0. The summed E-state index contributed by atoms with van der Waals surface area (Å²) in [6.07, 6.45) is 3.68. The molecule has 0 bridgehead atoms. The van der Waals surface area contributed by atoms with Crippen molar-refractivity contribution >= 4 is 23.9 Å². The molecule has 0 aliphatic carbocycles. The lowest BCUT2D eigenvalue weighted by Crippen LogP contribution is -2.00. The van der Waals surface area contributed by atoms with Crippen molar-refractivity contribution in [3.05, 3.63) is 47.5 Å². The monoisotopic (exact) mass is 396 g/mol. The average molecular weight is 396 g/mol. The zero-order valence-electron chi connectivity index (χ0n) is 16.8. The highest BCUT2D eigenvalue weighted by atomic mass is 16.5. The summed E-state index contributed by atoms with van der Waals surface area (Å²) in [5.74, 6) is 0.897. The van der Waals surface area contributed by atoms with Crippen molar-refractivity contribution in [1.29, 1.82) is 0 Å². The number of phenolic OH excluding ortho intramolecular Hbond substituents is 2. The molecule has 2 aromatic rings. The normalized spacial score (nSPS) is 12.7. The largest absolute Gasteiger partial charge is 0.504 e. The standard InChI is InChI=1S/C21H24N4O4/c1-14(24-22-12-16-5-7-18(26)20(10-16)28-3)9-15(2)25-23-13-17-6-8-19(27)21(11-17)29-4/h5-8,10-13,26-27H,9H2,1-4H3. The Kier molecular flexibility index (Phi) is 7.90. The summed E-state index contributed by atoms with van der Waals surface area (Å²) in [7, 11) is 2.97. The first kappa shape index (κ1) is 21.6. The van der Waals surface area contributed by atoms with Crippen LogP contribution in [0.15, 0.2) is 56.8 Å². The predicted octanol–water partition coefficient (Wildman–Crippen LogP) is 3.79. The summed E-state index contributed by atoms with van der Waals surface area (Å²) in [6, 6.07) is 9.84. The fourth-order valence-corrected chi connectivity index (χ4v) is 2.38. The summed E-state index contributed by atoms with van der Waals surface area (Å²) < 4.78 is 10.1. The zero-order chi connectivity index (χ0) is 21.2. The Balaban J connectivity index is 1.96. The maximum absolute atomic E-state index is 9.59. The molecule has 2 rings (SSSR count). The van der Waals surface area contributed by atoms with Crippen LogP contribution in [0.5, 0.6) is 23.0 Å². The van der Waals surface area contributed by atoms with Gasteiger partial charge in [0.25, 0.3) is 0 Å². The number of hydrogen-bond acceptors (Lipinski definition) is 8. The van der Waals surface area contributed by atoms with E-state index in [2.05, 4.69) is 20.4 Å². The lowest BCUT2D eigenvalue weighted by atomic mass is 10.2. The smallest absolute Gasteiger partial charge is 0.161 e. The predicted molar refractivity (Wildman–Crippen MR) is 115 cm³/mol. The molecular weight excluding hydrogens is 372 g/mol. The van der Waals surface area contributed by atoms with E-state index < -0.39 is 0 Å². The summed E-state index contributed by atoms with van der Waals surface area (Å²) in [6.45, 7) is 3.70. The van der Waals surface area contributed by atoms with Crippen LogP contribution in [-0.4, -0.2) is 48.3 Å². The van der Waals surface area contributed by atoms with Crippen LogP contribution in [-0.2, 0) is 0 Å². The molecule has 8 nitrogen and oxygen atoms in total. The van der Waals surface area contributed by atoms with Crippen molar-refractivity contribution in [1.82, 2.24) is 0 Å². The van der Waals surface area contributed by atoms with Crippen LogP contribution in [0.1, 0.15) is 31.4 Å². The van der Waals surface area contributed by atoms with Crippen LogP contribution in [0.3, 0.4) is 0 Å². The van der Waals surface area contributed by atoms with Crippen molar-refractivity contribution < 1.29 is 19.7 Å². The van der Waals surface area contributed by atoms with Gasteiger partial charge in [-0.1, -0.05) is 0 Å². The van der Waals surface area contributed by atoms with E-state index in [0.29, 0.717) is 17.9 Å². The molecule has 29 heavy (non-hydrogen) atoms. The van der Waals surface area contributed by atoms with Gasteiger partial charge in [0.05, 0.1) is 26.6 Å². The van der Waals surface area contributed by atoms with Crippen LogP contribution in [0, 0.1) is 0 Å². The van der Waals surface area contributed by atoms with Crippen LogP contribution in [0.4, 0.5) is 0 Å². The Bertz CT molecular complexity index is 888. The third kappa shape index (κ3) is 6.76. The van der Waals surface area contributed by atoms with E-state index in [9.17, 15) is 10.2 Å². The van der Waals surface area contributed by atoms with E-state index >= 15 is 0 Å². The fraction of sp³-hybridized carbons (Fsp3) is 0.238. The highest BCUT2D eigenvalue weighted by Gasteiger charge is 2.02. The molecule has 0 amide bonds. The summed E-state index contributed by atoms with van der Waals surface area (Å²) in [4.78, 5) is 0. The third-order valence-electron chi connectivity index (χ3n) is 3.79. The quantitative estimate of drug-likeness (QED) is 0.522. The lowest BCUT2D eigenvalue weighted by molar-refractivity contribution is 0.373. The first-order valence-corrected chi connectivity index (χ1v) is 8.80. The molecule has 0 atom stereocenters. The number of phenols is 2. The second-order valence-electron chi connectivity index (χ2n) is 6.20. The van der Waals surface area contributed by atoms with Gasteiger partial charge >= 0.3 is 0 Å². The van der Waals surface area contributed by atoms with E-state index in [1.54, 1.807) is 36.7 Å². The number of methoxy groups -OCH3 is 2. The molecule has 152 valence electrons. The van der Waals surface area contributed by atoms with Crippen LogP contribution in [0.25, 0.3) is 0 Å². The van der Waals surface area contributed by atoms with E-state index in [1.807, 2.05) is 13.8 Å². The van der Waals surface area contributed by atoms with Gasteiger partial charge in [-0.2, -0.15) is 20.4 Å². The Morgan fingerprint density at radius 2 is 1.21 bits per heavy atom. The SMILES string of the molecule is COc1cc(C=NN=C(C)CC(C)=NN=Cc2ccc(O)c(OC)c2)ccc1O. The molecule has 0 spiro atoms. The highest BCUT2D eigenvalue weighted by Crippen LogP contribution is 2.26. The molecule has 0 aliphatic heterocycles. The van der Waals surface area contributed by atoms with Crippen molar-refractivity contribution in [3.8, 4) is 23.0 Å². The minimum absolute atomic E-state index is 0.0717. The van der Waals surface area contributed by atoms with E-state index in [4.69, 9.17) is 9.47 Å². The molecule has 8 heteroatoms. The molecule has 0 aliphatic rings. The molecular formula is C21H24N4O4. The topological polar surface area (TPSA) is 108 Å². The first-order valence-electron chi connectivity index (χ1n) is 8.80. The van der Waals surface area contributed by atoms with Crippen molar-refractivity contribution in [3.63, 3.8) is 0 Å². The molecule has 0 unspecified atom stereocenters. The van der Waals surface area contributed by atoms with Gasteiger partial charge in [-0.25, -0.2) is 0 Å². The van der Waals surface area contributed by atoms with Gasteiger partial charge in [-0.05, 0) is 61.4 Å². The number of aromatic hydroxyl groups is 2. The van der Waals surface area contributed by atoms with Crippen molar-refractivity contribution in [2.24, 2.45) is 20.4 Å². The van der Waals surface area contributed by atoms with Gasteiger partial charge in [0, 0.05) is 17.8 Å². The van der Waals surface area contributed by atoms with Gasteiger partial charge in [0.1, 0.15) is 0 Å². The second-order valence-corrected chi connectivity index (χ2v) is 6.20. The van der Waals surface area contributed by atoms with Gasteiger partial charge in [0.15, 0.2) is 23.0 Å². The number of ether oxygens (including phenoxy) is 2. The van der Waals surface area contributed by atoms with Crippen LogP contribution >= 0.6 is 0 Å². The van der Waals surface area contributed by atoms with Gasteiger partial charge in [-0.15, -0.1) is 0 Å². The number of hydrogen-bond donors (Lipinski definition) is 2. The molecule has 0 fully saturated rings. The van der Waals surface area contributed by atoms with E-state index in [0.717, 1.165) is 22.6 Å². The van der Waals surface area contributed by atoms with Gasteiger partial charge < -0.3 is 19.7 Å². The minimum atomic E-state index is 0.0717. The van der Waals surface area contributed by atoms with Crippen LogP contribution in [0.2, 0.25) is 0 Å². The Morgan fingerprint density at radius 3 is 1.59 bits per heavy atom. The van der Waals surface area contributed by atoms with Gasteiger partial charge in [-0.3, -0.25) is 0 Å². The van der Waals surface area contributed by atoms with Gasteiger partial charge in [0.2, 0.25) is 0 Å². The van der Waals surface area contributed by atoms with Crippen LogP contribution < -0.4 is 9.47 Å². The molecule has 2 N–H and O–H groups in total. The fourth-order valence-electron chi connectivity index (χ4n) is 2.38. The maximum Gasteiger partial charge on any atom is 0.161 e. The molecule has 0 heterocycles.